The van der Waals surface area contributed by atoms with Crippen LogP contribution in [0.2, 0.25) is 0 Å². The zero-order chi connectivity index (χ0) is 27.3. The molecular weight excluding hydrogens is 532 g/mol. The molecule has 0 saturated heterocycles. The van der Waals surface area contributed by atoms with Crippen molar-refractivity contribution >= 4 is 21.2 Å². The second kappa shape index (κ2) is 9.12. The minimum Gasteiger partial charge on any atom is -0.255 e. The summed E-state index contributed by atoms with van der Waals surface area (Å²) in [6, 6.07) is 8.85. The largest absolute Gasteiger partial charge is 0.459 e. The van der Waals surface area contributed by atoms with Gasteiger partial charge in [-0.1, -0.05) is 18.2 Å². The molecule has 1 atom stereocenters. The Morgan fingerprint density at radius 2 is 1.51 bits per heavy atom. The van der Waals surface area contributed by atoms with E-state index >= 15 is 0 Å². The number of hydrazone groups is 1. The minimum atomic E-state index is -5.98. The highest BCUT2D eigenvalue weighted by Gasteiger charge is 2.63. The molecular formula is C24H16F8N2O2S. The van der Waals surface area contributed by atoms with Gasteiger partial charge < -0.3 is 0 Å². The van der Waals surface area contributed by atoms with Gasteiger partial charge in [0.1, 0.15) is 17.3 Å². The van der Waals surface area contributed by atoms with Crippen LogP contribution in [0.15, 0.2) is 70.7 Å². The number of rotatable bonds is 5. The Bertz CT molecular complexity index is 1490. The van der Waals surface area contributed by atoms with Gasteiger partial charge in [-0.3, -0.25) is 5.01 Å². The van der Waals surface area contributed by atoms with Crippen molar-refractivity contribution in [3.8, 4) is 11.1 Å². The number of sulfone groups is 1. The Balaban J connectivity index is 1.81. The van der Waals surface area contributed by atoms with Gasteiger partial charge in [-0.15, -0.1) is 0 Å². The molecule has 0 saturated carbocycles. The van der Waals surface area contributed by atoms with Crippen LogP contribution in [0.5, 0.6) is 0 Å². The highest BCUT2D eigenvalue weighted by atomic mass is 32.2. The summed E-state index contributed by atoms with van der Waals surface area (Å²) < 4.78 is 134. The highest BCUT2D eigenvalue weighted by Crippen LogP contribution is 2.45. The van der Waals surface area contributed by atoms with Gasteiger partial charge in [0.25, 0.3) is 0 Å². The van der Waals surface area contributed by atoms with Crippen molar-refractivity contribution in [2.24, 2.45) is 5.10 Å². The van der Waals surface area contributed by atoms with E-state index in [0.717, 1.165) is 36.6 Å². The Labute approximate surface area is 205 Å². The third-order valence-electron chi connectivity index (χ3n) is 5.75. The normalized spacial score (nSPS) is 16.7. The first-order chi connectivity index (χ1) is 17.1. The molecule has 0 spiro atoms. The predicted octanol–water partition coefficient (Wildman–Crippen LogP) is 6.68. The fourth-order valence-electron chi connectivity index (χ4n) is 3.87. The third kappa shape index (κ3) is 5.04. The smallest absolute Gasteiger partial charge is 0.255 e. The van der Waals surface area contributed by atoms with E-state index in [1.54, 1.807) is 0 Å². The Hall–Kier alpha value is -3.48. The van der Waals surface area contributed by atoms with Gasteiger partial charge in [0, 0.05) is 24.3 Å². The molecule has 4 nitrogen and oxygen atoms in total. The first kappa shape index (κ1) is 26.6. The minimum absolute atomic E-state index is 0.00374. The van der Waals surface area contributed by atoms with Crippen molar-refractivity contribution in [2.75, 3.05) is 11.3 Å². The van der Waals surface area contributed by atoms with E-state index < -0.39 is 63.2 Å². The van der Waals surface area contributed by atoms with E-state index in [9.17, 15) is 43.5 Å². The van der Waals surface area contributed by atoms with Crippen LogP contribution in [0.1, 0.15) is 18.0 Å². The average molecular weight is 548 g/mol. The molecule has 3 aromatic carbocycles. The average Bonchev–Trinajstić information content (AvgIpc) is 3.24. The number of alkyl halides is 5. The van der Waals surface area contributed by atoms with Crippen LogP contribution in [0.25, 0.3) is 11.1 Å². The molecule has 1 unspecified atom stereocenters. The van der Waals surface area contributed by atoms with E-state index in [-0.39, 0.29) is 21.6 Å². The first-order valence-electron chi connectivity index (χ1n) is 10.5. The Morgan fingerprint density at radius 1 is 0.865 bits per heavy atom. The molecule has 0 fully saturated rings. The van der Waals surface area contributed by atoms with E-state index in [0.29, 0.717) is 11.1 Å². The molecule has 0 amide bonds. The molecule has 13 heteroatoms. The number of anilines is 1. The van der Waals surface area contributed by atoms with Crippen molar-refractivity contribution < 1.29 is 43.5 Å². The maximum Gasteiger partial charge on any atom is 0.459 e. The highest BCUT2D eigenvalue weighted by molar-refractivity contribution is 7.90. The molecule has 1 aliphatic heterocycles. The summed E-state index contributed by atoms with van der Waals surface area (Å²) in [5.41, 5.74) is -2.09. The fraction of sp³-hybridized carbons (Fsp3) is 0.208. The zero-order valence-corrected chi connectivity index (χ0v) is 19.5. The number of benzene rings is 3. The number of hydrogen-bond donors (Lipinski definition) is 0. The first-order valence-corrected chi connectivity index (χ1v) is 12.4. The lowest BCUT2D eigenvalue weighted by Crippen LogP contribution is -2.43. The van der Waals surface area contributed by atoms with Crippen LogP contribution in [-0.4, -0.2) is 32.5 Å². The zero-order valence-electron chi connectivity index (χ0n) is 18.7. The van der Waals surface area contributed by atoms with Gasteiger partial charge >= 0.3 is 12.1 Å². The van der Waals surface area contributed by atoms with Gasteiger partial charge in [-0.25, -0.2) is 21.6 Å². The van der Waals surface area contributed by atoms with Crippen LogP contribution in [0, 0.1) is 17.5 Å². The molecule has 1 aliphatic rings. The monoisotopic (exact) mass is 548 g/mol. The van der Waals surface area contributed by atoms with Crippen LogP contribution in [0.3, 0.4) is 0 Å². The van der Waals surface area contributed by atoms with Crippen molar-refractivity contribution in [1.29, 1.82) is 0 Å². The van der Waals surface area contributed by atoms with Gasteiger partial charge in [0.2, 0.25) is 0 Å². The van der Waals surface area contributed by atoms with E-state index in [4.69, 9.17) is 0 Å². The number of hydrogen-bond acceptors (Lipinski definition) is 4. The molecule has 1 heterocycles. The molecule has 37 heavy (non-hydrogen) atoms. The summed E-state index contributed by atoms with van der Waals surface area (Å²) in [5.74, 6) is -8.41. The molecule has 3 aromatic rings. The van der Waals surface area contributed by atoms with E-state index in [1.807, 2.05) is 0 Å². The lowest BCUT2D eigenvalue weighted by molar-refractivity contribution is -0.249. The summed E-state index contributed by atoms with van der Waals surface area (Å²) in [6.45, 7) is 0. The van der Waals surface area contributed by atoms with Gasteiger partial charge in [0.05, 0.1) is 16.6 Å². The summed E-state index contributed by atoms with van der Waals surface area (Å²) in [6.07, 6.45) is -6.01. The maximum absolute atomic E-state index is 14.7. The second-order valence-electron chi connectivity index (χ2n) is 8.31. The maximum atomic E-state index is 14.7. The summed E-state index contributed by atoms with van der Waals surface area (Å²) >= 11 is 0. The quantitative estimate of drug-likeness (QED) is 0.335. The molecule has 0 radical (unpaired) electrons. The molecule has 4 rings (SSSR count). The lowest BCUT2D eigenvalue weighted by Gasteiger charge is -2.25. The third-order valence-corrected chi connectivity index (χ3v) is 6.88. The van der Waals surface area contributed by atoms with Crippen LogP contribution < -0.4 is 5.01 Å². The lowest BCUT2D eigenvalue weighted by atomic mass is 9.95. The van der Waals surface area contributed by atoms with Crippen LogP contribution >= 0.6 is 0 Å². The SMILES string of the molecule is CS(=O)(=O)c1ccc(-c2cc(C3CC(C(F)(F)C(F)(F)F)=NN3c3ccc(F)cc3F)ccc2F)cc1. The van der Waals surface area contributed by atoms with E-state index in [2.05, 4.69) is 5.10 Å². The van der Waals surface area contributed by atoms with Crippen molar-refractivity contribution in [3.63, 3.8) is 0 Å². The molecule has 196 valence electrons. The van der Waals surface area contributed by atoms with Crippen LogP contribution in [0.4, 0.5) is 40.8 Å². The standard InChI is InChI=1S/C24H16F8N2O2S/c1-37(35,36)16-6-2-13(3-7-16)17-10-14(4-8-18(17)26)21-12-22(23(28,29)24(30,31)32)33-34(21)20-9-5-15(25)11-19(20)27/h2-11,21H,12H2,1H3. The Kier molecular flexibility index (Phi) is 6.55. The topological polar surface area (TPSA) is 49.7 Å². The molecule has 0 N–H and O–H groups in total. The summed E-state index contributed by atoms with van der Waals surface area (Å²) in [5, 5.41) is 3.94. The predicted molar refractivity (Wildman–Crippen MR) is 120 cm³/mol. The van der Waals surface area contributed by atoms with E-state index in [1.165, 1.54) is 24.3 Å². The number of halogens is 8. The van der Waals surface area contributed by atoms with Crippen molar-refractivity contribution in [1.82, 2.24) is 0 Å². The molecule has 0 aliphatic carbocycles. The number of nitrogens with zero attached hydrogens (tertiary/aromatic N) is 2. The summed E-state index contributed by atoms with van der Waals surface area (Å²) in [4.78, 5) is -0.0472. The fourth-order valence-corrected chi connectivity index (χ4v) is 4.50. The van der Waals surface area contributed by atoms with Gasteiger partial charge in [0.15, 0.2) is 15.7 Å². The Morgan fingerprint density at radius 3 is 2.08 bits per heavy atom. The van der Waals surface area contributed by atoms with Crippen LogP contribution in [-0.2, 0) is 9.84 Å². The van der Waals surface area contributed by atoms with Gasteiger partial charge in [-0.2, -0.15) is 27.1 Å². The van der Waals surface area contributed by atoms with Crippen molar-refractivity contribution in [3.05, 3.63) is 83.7 Å². The van der Waals surface area contributed by atoms with Crippen molar-refractivity contribution in [2.45, 2.75) is 29.5 Å². The summed E-state index contributed by atoms with van der Waals surface area (Å²) in [7, 11) is -3.55. The second-order valence-corrected chi connectivity index (χ2v) is 10.3. The molecule has 0 bridgehead atoms. The van der Waals surface area contributed by atoms with Gasteiger partial charge in [-0.05, 0) is 47.5 Å². The molecule has 0 aromatic heterocycles.